The first kappa shape index (κ1) is 17.6. The third-order valence-corrected chi connectivity index (χ3v) is 5.12. The summed E-state index contributed by atoms with van der Waals surface area (Å²) in [5.74, 6) is 1.52. The Balaban J connectivity index is 1.33. The Bertz CT molecular complexity index is 888. The zero-order valence-corrected chi connectivity index (χ0v) is 16.1. The van der Waals surface area contributed by atoms with Gasteiger partial charge in [0.25, 0.3) is 0 Å². The van der Waals surface area contributed by atoms with Crippen molar-refractivity contribution in [1.29, 1.82) is 0 Å². The van der Waals surface area contributed by atoms with Gasteiger partial charge in [-0.3, -0.25) is 4.79 Å². The van der Waals surface area contributed by atoms with Crippen LogP contribution in [0.3, 0.4) is 0 Å². The van der Waals surface area contributed by atoms with Crippen LogP contribution in [0.5, 0.6) is 0 Å². The molecule has 1 amide bonds. The Morgan fingerprint density at radius 2 is 1.74 bits per heavy atom. The molecule has 0 unspecified atom stereocenters. The molecule has 3 aromatic rings. The lowest BCUT2D eigenvalue weighted by atomic mass is 9.96. The van der Waals surface area contributed by atoms with Crippen LogP contribution >= 0.6 is 15.9 Å². The van der Waals surface area contributed by atoms with Crippen molar-refractivity contribution < 1.29 is 4.79 Å². The number of amides is 1. The van der Waals surface area contributed by atoms with E-state index < -0.39 is 0 Å². The zero-order chi connectivity index (χ0) is 18.6. The van der Waals surface area contributed by atoms with Gasteiger partial charge in [0.2, 0.25) is 5.91 Å². The molecule has 0 atom stereocenters. The van der Waals surface area contributed by atoms with E-state index in [2.05, 4.69) is 46.4 Å². The lowest BCUT2D eigenvalue weighted by molar-refractivity contribution is -0.120. The number of carbonyl (C=O) groups excluding carboxylic acids is 1. The number of anilines is 2. The van der Waals surface area contributed by atoms with E-state index in [4.69, 9.17) is 0 Å². The Hall–Kier alpha value is -2.81. The predicted molar refractivity (Wildman–Crippen MR) is 105 cm³/mol. The average Bonchev–Trinajstić information content (AvgIpc) is 3.25. The van der Waals surface area contributed by atoms with Crippen LogP contribution in [0.15, 0.2) is 53.5 Å². The molecule has 0 saturated carbocycles. The van der Waals surface area contributed by atoms with Gasteiger partial charge >= 0.3 is 0 Å². The van der Waals surface area contributed by atoms with Crippen molar-refractivity contribution >= 4 is 33.3 Å². The fourth-order valence-electron chi connectivity index (χ4n) is 3.08. The fourth-order valence-corrected chi connectivity index (χ4v) is 3.35. The lowest BCUT2D eigenvalue weighted by Gasteiger charge is -2.31. The molecule has 0 bridgehead atoms. The summed E-state index contributed by atoms with van der Waals surface area (Å²) in [6, 6.07) is 11.4. The molecule has 0 radical (unpaired) electrons. The largest absolute Gasteiger partial charge is 0.355 e. The highest BCUT2D eigenvalue weighted by Gasteiger charge is 2.26. The number of hydrogen-bond acceptors (Lipinski definition) is 6. The van der Waals surface area contributed by atoms with Crippen molar-refractivity contribution in [3.8, 4) is 5.82 Å². The van der Waals surface area contributed by atoms with Gasteiger partial charge in [0, 0.05) is 29.2 Å². The first-order chi connectivity index (χ1) is 13.2. The SMILES string of the molecule is O=C(Nc1ccc(Br)cc1)C1CCN(c2ccc(-n3cncn3)nn2)CC1. The van der Waals surface area contributed by atoms with Crippen LogP contribution in [-0.4, -0.2) is 44.0 Å². The predicted octanol–water partition coefficient (Wildman–Crippen LogP) is 2.67. The van der Waals surface area contributed by atoms with Crippen LogP contribution in [0, 0.1) is 5.92 Å². The van der Waals surface area contributed by atoms with E-state index in [0.717, 1.165) is 41.9 Å². The summed E-state index contributed by atoms with van der Waals surface area (Å²) in [5, 5.41) is 15.5. The third-order valence-electron chi connectivity index (χ3n) is 4.59. The quantitative estimate of drug-likeness (QED) is 0.688. The summed E-state index contributed by atoms with van der Waals surface area (Å²) in [4.78, 5) is 18.5. The number of piperidine rings is 1. The second-order valence-electron chi connectivity index (χ2n) is 6.35. The lowest BCUT2D eigenvalue weighted by Crippen LogP contribution is -2.38. The van der Waals surface area contributed by atoms with Crippen LogP contribution in [-0.2, 0) is 4.79 Å². The van der Waals surface area contributed by atoms with Crippen molar-refractivity contribution in [3.63, 3.8) is 0 Å². The smallest absolute Gasteiger partial charge is 0.227 e. The van der Waals surface area contributed by atoms with Crippen molar-refractivity contribution in [2.75, 3.05) is 23.3 Å². The number of aromatic nitrogens is 5. The standard InChI is InChI=1S/C18H18BrN7O/c19-14-1-3-15(4-2-14)22-18(27)13-7-9-25(10-8-13)16-5-6-17(24-23-16)26-12-20-11-21-26/h1-6,11-13H,7-10H2,(H,22,27). The van der Waals surface area contributed by atoms with Gasteiger partial charge in [-0.1, -0.05) is 15.9 Å². The second kappa shape index (κ2) is 7.83. The summed E-state index contributed by atoms with van der Waals surface area (Å²) in [6.45, 7) is 1.55. The minimum atomic E-state index is 0.00674. The molecule has 9 heteroatoms. The fraction of sp³-hybridized carbons (Fsp3) is 0.278. The molecule has 4 rings (SSSR count). The molecule has 138 valence electrons. The Kier molecular flexibility index (Phi) is 5.10. The van der Waals surface area contributed by atoms with Gasteiger partial charge < -0.3 is 10.2 Å². The van der Waals surface area contributed by atoms with E-state index in [9.17, 15) is 4.79 Å². The van der Waals surface area contributed by atoms with Crippen molar-refractivity contribution in [2.45, 2.75) is 12.8 Å². The number of nitrogens with zero attached hydrogens (tertiary/aromatic N) is 6. The number of nitrogens with one attached hydrogen (secondary N) is 1. The summed E-state index contributed by atoms with van der Waals surface area (Å²) in [7, 11) is 0. The number of halogens is 1. The summed E-state index contributed by atoms with van der Waals surface area (Å²) < 4.78 is 2.56. The molecule has 0 aliphatic carbocycles. The normalized spacial score (nSPS) is 14.9. The first-order valence-corrected chi connectivity index (χ1v) is 9.48. The third kappa shape index (κ3) is 4.13. The number of carbonyl (C=O) groups is 1. The van der Waals surface area contributed by atoms with E-state index in [1.807, 2.05) is 36.4 Å². The molecule has 2 aromatic heterocycles. The molecule has 8 nitrogen and oxygen atoms in total. The number of rotatable bonds is 4. The average molecular weight is 428 g/mol. The van der Waals surface area contributed by atoms with Gasteiger partial charge in [-0.2, -0.15) is 5.10 Å². The van der Waals surface area contributed by atoms with Crippen molar-refractivity contribution in [2.24, 2.45) is 5.92 Å². The maximum absolute atomic E-state index is 12.5. The van der Waals surface area contributed by atoms with E-state index in [0.29, 0.717) is 5.82 Å². The van der Waals surface area contributed by atoms with Gasteiger partial charge in [-0.15, -0.1) is 10.2 Å². The van der Waals surface area contributed by atoms with Crippen LogP contribution < -0.4 is 10.2 Å². The number of hydrogen-bond donors (Lipinski definition) is 1. The summed E-state index contributed by atoms with van der Waals surface area (Å²) in [5.41, 5.74) is 0.820. The highest BCUT2D eigenvalue weighted by atomic mass is 79.9. The van der Waals surface area contributed by atoms with Gasteiger partial charge in [0.1, 0.15) is 12.7 Å². The molecule has 1 N–H and O–H groups in total. The molecule has 1 aliphatic heterocycles. The van der Waals surface area contributed by atoms with Gasteiger partial charge in [0.05, 0.1) is 0 Å². The Morgan fingerprint density at radius 3 is 2.37 bits per heavy atom. The van der Waals surface area contributed by atoms with E-state index in [1.165, 1.54) is 6.33 Å². The molecule has 1 aromatic carbocycles. The molecule has 3 heterocycles. The second-order valence-corrected chi connectivity index (χ2v) is 7.26. The zero-order valence-electron chi connectivity index (χ0n) is 14.5. The van der Waals surface area contributed by atoms with Gasteiger partial charge in [0.15, 0.2) is 11.6 Å². The van der Waals surface area contributed by atoms with Gasteiger partial charge in [-0.05, 0) is 49.2 Å². The maximum atomic E-state index is 12.5. The molecule has 0 spiro atoms. The van der Waals surface area contributed by atoms with Crippen molar-refractivity contribution in [3.05, 3.63) is 53.5 Å². The van der Waals surface area contributed by atoms with Gasteiger partial charge in [-0.25, -0.2) is 9.67 Å². The van der Waals surface area contributed by atoms with Crippen LogP contribution in [0.2, 0.25) is 0 Å². The van der Waals surface area contributed by atoms with Crippen molar-refractivity contribution in [1.82, 2.24) is 25.0 Å². The van der Waals surface area contributed by atoms with Crippen LogP contribution in [0.4, 0.5) is 11.5 Å². The molecule has 1 fully saturated rings. The number of benzene rings is 1. The highest BCUT2D eigenvalue weighted by Crippen LogP contribution is 2.23. The maximum Gasteiger partial charge on any atom is 0.227 e. The minimum absolute atomic E-state index is 0.00674. The molecule has 1 aliphatic rings. The molecule has 1 saturated heterocycles. The van der Waals surface area contributed by atoms with Crippen LogP contribution in [0.1, 0.15) is 12.8 Å². The first-order valence-electron chi connectivity index (χ1n) is 8.69. The van der Waals surface area contributed by atoms with E-state index in [1.54, 1.807) is 11.0 Å². The Morgan fingerprint density at radius 1 is 1.04 bits per heavy atom. The topological polar surface area (TPSA) is 88.8 Å². The van der Waals surface area contributed by atoms with E-state index in [-0.39, 0.29) is 11.8 Å². The molecule has 27 heavy (non-hydrogen) atoms. The summed E-state index contributed by atoms with van der Waals surface area (Å²) >= 11 is 3.40. The van der Waals surface area contributed by atoms with Crippen LogP contribution in [0.25, 0.3) is 5.82 Å². The monoisotopic (exact) mass is 427 g/mol. The minimum Gasteiger partial charge on any atom is -0.355 e. The van der Waals surface area contributed by atoms with E-state index >= 15 is 0 Å². The molecular weight excluding hydrogens is 410 g/mol. The summed E-state index contributed by atoms with van der Waals surface area (Å²) in [6.07, 6.45) is 4.61. The molecular formula is C18H18BrN7O. The highest BCUT2D eigenvalue weighted by molar-refractivity contribution is 9.10. The Labute approximate surface area is 164 Å².